The topological polar surface area (TPSA) is 45.4 Å². The molecular formula is C17H24N4. The fraction of sp³-hybridized carbons (Fsp3) is 0.471. The van der Waals surface area contributed by atoms with Crippen LogP contribution >= 0.6 is 0 Å². The zero-order valence-electron chi connectivity index (χ0n) is 12.9. The third-order valence-corrected chi connectivity index (χ3v) is 4.38. The molecule has 0 bridgehead atoms. The van der Waals surface area contributed by atoms with E-state index in [1.54, 1.807) is 0 Å². The van der Waals surface area contributed by atoms with E-state index in [1.807, 2.05) is 0 Å². The van der Waals surface area contributed by atoms with Crippen LogP contribution in [0, 0.1) is 6.92 Å². The van der Waals surface area contributed by atoms with Crippen molar-refractivity contribution in [1.29, 1.82) is 0 Å². The van der Waals surface area contributed by atoms with E-state index in [4.69, 9.17) is 5.73 Å². The highest BCUT2D eigenvalue weighted by Gasteiger charge is 2.24. The number of aromatic nitrogens is 1. The third-order valence-electron chi connectivity index (χ3n) is 4.38. The average Bonchev–Trinajstić information content (AvgIpc) is 2.48. The number of nitrogens with zero attached hydrogens (tertiary/aromatic N) is 3. The number of likely N-dealkylation sites (N-methyl/N-ethyl adjacent to an activating group) is 1. The second-order valence-corrected chi connectivity index (χ2v) is 6.06. The standard InChI is InChI=1S/C17H24N4/c1-13-9-14(16-5-3-4-6-17(16)19-13)11-21-8-7-20(2)12-15(21)10-18/h3-6,9,15H,7-8,10-12,18H2,1-2H3. The van der Waals surface area contributed by atoms with Gasteiger partial charge in [0, 0.05) is 49.8 Å². The van der Waals surface area contributed by atoms with Gasteiger partial charge >= 0.3 is 0 Å². The highest BCUT2D eigenvalue weighted by molar-refractivity contribution is 5.82. The van der Waals surface area contributed by atoms with Crippen LogP contribution in [0.3, 0.4) is 0 Å². The Labute approximate surface area is 126 Å². The van der Waals surface area contributed by atoms with E-state index in [9.17, 15) is 0 Å². The summed E-state index contributed by atoms with van der Waals surface area (Å²) < 4.78 is 0. The summed E-state index contributed by atoms with van der Waals surface area (Å²) in [5.41, 5.74) is 9.51. The second-order valence-electron chi connectivity index (χ2n) is 6.06. The summed E-state index contributed by atoms with van der Waals surface area (Å²) in [6.07, 6.45) is 0. The van der Waals surface area contributed by atoms with Crippen LogP contribution in [0.4, 0.5) is 0 Å². The van der Waals surface area contributed by atoms with E-state index in [0.29, 0.717) is 12.6 Å². The lowest BCUT2D eigenvalue weighted by atomic mass is 10.1. The molecule has 0 aliphatic carbocycles. The summed E-state index contributed by atoms with van der Waals surface area (Å²) in [4.78, 5) is 9.51. The Morgan fingerprint density at radius 1 is 1.29 bits per heavy atom. The number of hydrogen-bond donors (Lipinski definition) is 1. The molecule has 1 fully saturated rings. The minimum Gasteiger partial charge on any atom is -0.329 e. The van der Waals surface area contributed by atoms with Crippen molar-refractivity contribution in [1.82, 2.24) is 14.8 Å². The highest BCUT2D eigenvalue weighted by Crippen LogP contribution is 2.21. The molecule has 112 valence electrons. The van der Waals surface area contributed by atoms with Gasteiger partial charge in [-0.05, 0) is 31.7 Å². The second kappa shape index (κ2) is 6.10. The first-order valence-electron chi connectivity index (χ1n) is 7.65. The monoisotopic (exact) mass is 284 g/mol. The SMILES string of the molecule is Cc1cc(CN2CCN(C)CC2CN)c2ccccc2n1. The van der Waals surface area contributed by atoms with E-state index in [-0.39, 0.29) is 0 Å². The molecule has 0 saturated carbocycles. The summed E-state index contributed by atoms with van der Waals surface area (Å²) in [5.74, 6) is 0. The molecule has 0 spiro atoms. The summed E-state index contributed by atoms with van der Waals surface area (Å²) >= 11 is 0. The fourth-order valence-electron chi connectivity index (χ4n) is 3.22. The molecule has 2 heterocycles. The zero-order valence-corrected chi connectivity index (χ0v) is 12.9. The Kier molecular flexibility index (Phi) is 4.19. The third kappa shape index (κ3) is 3.07. The molecule has 2 aromatic rings. The maximum absolute atomic E-state index is 5.97. The van der Waals surface area contributed by atoms with Crippen molar-refractivity contribution in [3.8, 4) is 0 Å². The number of aryl methyl sites for hydroxylation is 1. The van der Waals surface area contributed by atoms with Crippen molar-refractivity contribution in [3.63, 3.8) is 0 Å². The lowest BCUT2D eigenvalue weighted by molar-refractivity contribution is 0.0884. The Balaban J connectivity index is 1.90. The van der Waals surface area contributed by atoms with E-state index in [0.717, 1.165) is 37.4 Å². The lowest BCUT2D eigenvalue weighted by Gasteiger charge is -2.39. The highest BCUT2D eigenvalue weighted by atomic mass is 15.3. The van der Waals surface area contributed by atoms with Crippen LogP contribution in [-0.4, -0.2) is 54.1 Å². The van der Waals surface area contributed by atoms with Crippen molar-refractivity contribution in [2.45, 2.75) is 19.5 Å². The van der Waals surface area contributed by atoms with E-state index in [2.05, 4.69) is 59.1 Å². The van der Waals surface area contributed by atoms with Crippen LogP contribution in [0.2, 0.25) is 0 Å². The molecule has 1 aromatic carbocycles. The molecule has 4 heteroatoms. The molecule has 1 saturated heterocycles. The molecule has 1 aliphatic heterocycles. The Bertz CT molecular complexity index is 625. The number of piperazine rings is 1. The van der Waals surface area contributed by atoms with Crippen molar-refractivity contribution in [3.05, 3.63) is 41.6 Å². The molecular weight excluding hydrogens is 260 g/mol. The van der Waals surface area contributed by atoms with Gasteiger partial charge in [0.2, 0.25) is 0 Å². The number of para-hydroxylation sites is 1. The van der Waals surface area contributed by atoms with E-state index in [1.165, 1.54) is 10.9 Å². The first kappa shape index (κ1) is 14.4. The normalized spacial score (nSPS) is 21.0. The van der Waals surface area contributed by atoms with Crippen LogP contribution in [0.1, 0.15) is 11.3 Å². The molecule has 21 heavy (non-hydrogen) atoms. The first-order valence-corrected chi connectivity index (χ1v) is 7.65. The van der Waals surface area contributed by atoms with Gasteiger partial charge in [-0.25, -0.2) is 0 Å². The van der Waals surface area contributed by atoms with Gasteiger partial charge < -0.3 is 10.6 Å². The maximum atomic E-state index is 5.97. The molecule has 0 amide bonds. The average molecular weight is 284 g/mol. The van der Waals surface area contributed by atoms with Gasteiger partial charge in [-0.3, -0.25) is 9.88 Å². The van der Waals surface area contributed by atoms with Gasteiger partial charge in [0.15, 0.2) is 0 Å². The number of fused-ring (bicyclic) bond motifs is 1. The van der Waals surface area contributed by atoms with Gasteiger partial charge in [0.1, 0.15) is 0 Å². The van der Waals surface area contributed by atoms with Gasteiger partial charge in [0.25, 0.3) is 0 Å². The summed E-state index contributed by atoms with van der Waals surface area (Å²) in [6, 6.07) is 11.1. The minimum absolute atomic E-state index is 0.441. The molecule has 1 aromatic heterocycles. The van der Waals surface area contributed by atoms with Crippen LogP contribution in [0.15, 0.2) is 30.3 Å². The fourth-order valence-corrected chi connectivity index (χ4v) is 3.22. The van der Waals surface area contributed by atoms with Crippen LogP contribution in [0.5, 0.6) is 0 Å². The zero-order chi connectivity index (χ0) is 14.8. The van der Waals surface area contributed by atoms with Crippen molar-refractivity contribution >= 4 is 10.9 Å². The Morgan fingerprint density at radius 2 is 2.10 bits per heavy atom. The van der Waals surface area contributed by atoms with Crippen molar-refractivity contribution in [2.75, 3.05) is 33.2 Å². The van der Waals surface area contributed by atoms with Crippen molar-refractivity contribution in [2.24, 2.45) is 5.73 Å². The van der Waals surface area contributed by atoms with Crippen LogP contribution in [-0.2, 0) is 6.54 Å². The minimum atomic E-state index is 0.441. The first-order chi connectivity index (χ1) is 10.2. The smallest absolute Gasteiger partial charge is 0.0708 e. The quantitative estimate of drug-likeness (QED) is 0.930. The summed E-state index contributed by atoms with van der Waals surface area (Å²) in [5, 5.41) is 1.26. The number of pyridine rings is 1. The molecule has 1 aliphatic rings. The Hall–Kier alpha value is -1.49. The Morgan fingerprint density at radius 3 is 2.90 bits per heavy atom. The van der Waals surface area contributed by atoms with Gasteiger partial charge in [-0.2, -0.15) is 0 Å². The molecule has 1 atom stereocenters. The van der Waals surface area contributed by atoms with E-state index >= 15 is 0 Å². The van der Waals surface area contributed by atoms with Crippen molar-refractivity contribution < 1.29 is 0 Å². The largest absolute Gasteiger partial charge is 0.329 e. The summed E-state index contributed by atoms with van der Waals surface area (Å²) in [7, 11) is 2.17. The number of benzene rings is 1. The molecule has 4 nitrogen and oxygen atoms in total. The van der Waals surface area contributed by atoms with Crippen LogP contribution < -0.4 is 5.73 Å². The van der Waals surface area contributed by atoms with E-state index < -0.39 is 0 Å². The lowest BCUT2D eigenvalue weighted by Crippen LogP contribution is -2.54. The number of rotatable bonds is 3. The summed E-state index contributed by atoms with van der Waals surface area (Å²) in [6.45, 7) is 6.98. The molecule has 0 radical (unpaired) electrons. The molecule has 2 N–H and O–H groups in total. The maximum Gasteiger partial charge on any atom is 0.0708 e. The van der Waals surface area contributed by atoms with Gasteiger partial charge in [-0.15, -0.1) is 0 Å². The van der Waals surface area contributed by atoms with Gasteiger partial charge in [-0.1, -0.05) is 18.2 Å². The number of hydrogen-bond acceptors (Lipinski definition) is 4. The molecule has 3 rings (SSSR count). The van der Waals surface area contributed by atoms with Crippen LogP contribution in [0.25, 0.3) is 10.9 Å². The predicted molar refractivity (Wildman–Crippen MR) is 87.2 cm³/mol. The predicted octanol–water partition coefficient (Wildman–Crippen LogP) is 1.62. The number of nitrogens with two attached hydrogens (primary N) is 1. The molecule has 1 unspecified atom stereocenters. The van der Waals surface area contributed by atoms with Gasteiger partial charge in [0.05, 0.1) is 5.52 Å².